The number of likely N-dealkylation sites (tertiary alicyclic amines) is 1. The average molecular weight is 184 g/mol. The summed E-state index contributed by atoms with van der Waals surface area (Å²) in [5.41, 5.74) is 0. The molecule has 13 heavy (non-hydrogen) atoms. The number of rotatable bonds is 1. The lowest BCUT2D eigenvalue weighted by molar-refractivity contribution is 0.0407. The molecule has 2 rings (SSSR count). The van der Waals surface area contributed by atoms with Crippen LogP contribution in [-0.2, 0) is 0 Å². The van der Waals surface area contributed by atoms with Crippen molar-refractivity contribution in [2.75, 3.05) is 19.6 Å². The fourth-order valence-electron chi connectivity index (χ4n) is 2.60. The highest BCUT2D eigenvalue weighted by Gasteiger charge is 2.33. The zero-order valence-electron chi connectivity index (χ0n) is 8.37. The Morgan fingerprint density at radius 2 is 2.15 bits per heavy atom. The molecule has 2 N–H and O–H groups in total. The number of nitrogens with one attached hydrogen (secondary N) is 1. The highest BCUT2D eigenvalue weighted by molar-refractivity contribution is 4.91. The molecule has 2 heterocycles. The van der Waals surface area contributed by atoms with E-state index in [0.29, 0.717) is 12.1 Å². The molecule has 3 nitrogen and oxygen atoms in total. The van der Waals surface area contributed by atoms with Gasteiger partial charge in [-0.25, -0.2) is 0 Å². The molecule has 0 aromatic carbocycles. The Kier molecular flexibility index (Phi) is 2.86. The molecule has 0 amide bonds. The number of hydrogen-bond acceptors (Lipinski definition) is 3. The smallest absolute Gasteiger partial charge is 0.0831 e. The van der Waals surface area contributed by atoms with Gasteiger partial charge in [-0.3, -0.25) is 4.90 Å². The van der Waals surface area contributed by atoms with Gasteiger partial charge in [-0.2, -0.15) is 0 Å². The first kappa shape index (κ1) is 9.44. The van der Waals surface area contributed by atoms with Gasteiger partial charge in [0, 0.05) is 25.2 Å². The molecule has 2 saturated heterocycles. The molecule has 2 aliphatic heterocycles. The minimum absolute atomic E-state index is 0.152. The van der Waals surface area contributed by atoms with E-state index in [2.05, 4.69) is 17.1 Å². The summed E-state index contributed by atoms with van der Waals surface area (Å²) < 4.78 is 0. The van der Waals surface area contributed by atoms with Crippen molar-refractivity contribution in [3.05, 3.63) is 0 Å². The van der Waals surface area contributed by atoms with Gasteiger partial charge in [-0.15, -0.1) is 0 Å². The Labute approximate surface area is 80.1 Å². The maximum atomic E-state index is 9.75. The highest BCUT2D eigenvalue weighted by Crippen LogP contribution is 2.21. The van der Waals surface area contributed by atoms with Gasteiger partial charge in [-0.1, -0.05) is 6.42 Å². The third kappa shape index (κ3) is 1.87. The standard InChI is InChI=1S/C10H20N2O/c1-8-4-2-3-5-12(8)9-6-11-7-10(9)13/h8-11,13H,2-7H2,1H3/t8?,9-,10-/m1/s1. The van der Waals surface area contributed by atoms with Crippen molar-refractivity contribution in [2.24, 2.45) is 0 Å². The van der Waals surface area contributed by atoms with E-state index in [4.69, 9.17) is 0 Å². The van der Waals surface area contributed by atoms with Gasteiger partial charge in [0.05, 0.1) is 6.10 Å². The molecular formula is C10H20N2O. The average Bonchev–Trinajstić information content (AvgIpc) is 2.52. The maximum absolute atomic E-state index is 9.75. The Balaban J connectivity index is 1.97. The summed E-state index contributed by atoms with van der Waals surface area (Å²) >= 11 is 0. The summed E-state index contributed by atoms with van der Waals surface area (Å²) in [6.45, 7) is 5.19. The second-order valence-electron chi connectivity index (χ2n) is 4.38. The second-order valence-corrected chi connectivity index (χ2v) is 4.38. The first-order chi connectivity index (χ1) is 6.29. The van der Waals surface area contributed by atoms with Crippen molar-refractivity contribution in [1.29, 1.82) is 0 Å². The van der Waals surface area contributed by atoms with Crippen LogP contribution in [0.4, 0.5) is 0 Å². The van der Waals surface area contributed by atoms with Crippen molar-refractivity contribution in [1.82, 2.24) is 10.2 Å². The van der Waals surface area contributed by atoms with E-state index in [0.717, 1.165) is 13.1 Å². The predicted molar refractivity (Wildman–Crippen MR) is 52.7 cm³/mol. The van der Waals surface area contributed by atoms with Crippen LogP contribution in [0.25, 0.3) is 0 Å². The van der Waals surface area contributed by atoms with E-state index in [1.54, 1.807) is 0 Å². The van der Waals surface area contributed by atoms with Crippen LogP contribution < -0.4 is 5.32 Å². The number of piperidine rings is 1. The third-order valence-corrected chi connectivity index (χ3v) is 3.43. The lowest BCUT2D eigenvalue weighted by atomic mass is 10.00. The van der Waals surface area contributed by atoms with Crippen LogP contribution in [0.15, 0.2) is 0 Å². The summed E-state index contributed by atoms with van der Waals surface area (Å²) in [7, 11) is 0. The number of β-amino-alcohol motifs (C(OH)–C–C–N with tert-alkyl or cyclic N) is 1. The fraction of sp³-hybridized carbons (Fsp3) is 1.00. The molecular weight excluding hydrogens is 164 g/mol. The molecule has 2 aliphatic rings. The Hall–Kier alpha value is -0.120. The van der Waals surface area contributed by atoms with Crippen molar-refractivity contribution in [2.45, 2.75) is 44.4 Å². The summed E-state index contributed by atoms with van der Waals surface area (Å²) in [5.74, 6) is 0. The number of hydrogen-bond donors (Lipinski definition) is 2. The molecule has 0 aromatic heterocycles. The first-order valence-electron chi connectivity index (χ1n) is 5.43. The molecule has 3 heteroatoms. The van der Waals surface area contributed by atoms with Gasteiger partial charge in [0.1, 0.15) is 0 Å². The molecule has 0 bridgehead atoms. The minimum Gasteiger partial charge on any atom is -0.390 e. The monoisotopic (exact) mass is 184 g/mol. The van der Waals surface area contributed by atoms with E-state index in [1.807, 2.05) is 0 Å². The van der Waals surface area contributed by atoms with Crippen molar-refractivity contribution < 1.29 is 5.11 Å². The topological polar surface area (TPSA) is 35.5 Å². The normalized spacial score (nSPS) is 42.5. The van der Waals surface area contributed by atoms with Crippen molar-refractivity contribution in [3.8, 4) is 0 Å². The number of aliphatic hydroxyl groups is 1. The van der Waals surface area contributed by atoms with Gasteiger partial charge in [0.15, 0.2) is 0 Å². The largest absolute Gasteiger partial charge is 0.390 e. The van der Waals surface area contributed by atoms with E-state index in [9.17, 15) is 5.11 Å². The maximum Gasteiger partial charge on any atom is 0.0831 e. The number of nitrogens with zero attached hydrogens (tertiary/aromatic N) is 1. The molecule has 0 aliphatic carbocycles. The van der Waals surface area contributed by atoms with Gasteiger partial charge < -0.3 is 10.4 Å². The lowest BCUT2D eigenvalue weighted by Crippen LogP contribution is -2.50. The Bertz CT molecular complexity index is 174. The van der Waals surface area contributed by atoms with Crippen molar-refractivity contribution in [3.63, 3.8) is 0 Å². The molecule has 0 spiro atoms. The van der Waals surface area contributed by atoms with E-state index < -0.39 is 0 Å². The van der Waals surface area contributed by atoms with Crippen LogP contribution in [0.5, 0.6) is 0 Å². The second kappa shape index (κ2) is 3.95. The zero-order valence-corrected chi connectivity index (χ0v) is 8.37. The lowest BCUT2D eigenvalue weighted by Gasteiger charge is -2.38. The van der Waals surface area contributed by atoms with Crippen LogP contribution in [0.1, 0.15) is 26.2 Å². The summed E-state index contributed by atoms with van der Waals surface area (Å²) in [4.78, 5) is 2.48. The molecule has 0 radical (unpaired) electrons. The predicted octanol–water partition coefficient (Wildman–Crippen LogP) is 0.193. The fourth-order valence-corrected chi connectivity index (χ4v) is 2.60. The third-order valence-electron chi connectivity index (χ3n) is 3.43. The van der Waals surface area contributed by atoms with Crippen molar-refractivity contribution >= 4 is 0 Å². The summed E-state index contributed by atoms with van der Waals surface area (Å²) in [6, 6.07) is 1.03. The van der Waals surface area contributed by atoms with E-state index in [1.165, 1.54) is 25.8 Å². The van der Waals surface area contributed by atoms with Gasteiger partial charge in [0.2, 0.25) is 0 Å². The quantitative estimate of drug-likeness (QED) is 0.611. The van der Waals surface area contributed by atoms with Gasteiger partial charge in [0.25, 0.3) is 0 Å². The summed E-state index contributed by atoms with van der Waals surface area (Å²) in [6.07, 6.45) is 3.80. The molecule has 0 aromatic rings. The molecule has 76 valence electrons. The molecule has 1 unspecified atom stereocenters. The number of aliphatic hydroxyl groups excluding tert-OH is 1. The van der Waals surface area contributed by atoms with Gasteiger partial charge in [-0.05, 0) is 26.3 Å². The van der Waals surface area contributed by atoms with E-state index in [-0.39, 0.29) is 6.10 Å². The Morgan fingerprint density at radius 3 is 2.77 bits per heavy atom. The van der Waals surface area contributed by atoms with Gasteiger partial charge >= 0.3 is 0 Å². The molecule has 2 fully saturated rings. The zero-order chi connectivity index (χ0) is 9.26. The molecule has 3 atom stereocenters. The van der Waals surface area contributed by atoms with Crippen LogP contribution in [-0.4, -0.2) is 47.8 Å². The first-order valence-corrected chi connectivity index (χ1v) is 5.43. The highest BCUT2D eigenvalue weighted by atomic mass is 16.3. The van der Waals surface area contributed by atoms with Crippen LogP contribution in [0.2, 0.25) is 0 Å². The minimum atomic E-state index is -0.152. The Morgan fingerprint density at radius 1 is 1.31 bits per heavy atom. The van der Waals surface area contributed by atoms with Crippen LogP contribution in [0, 0.1) is 0 Å². The summed E-state index contributed by atoms with van der Waals surface area (Å²) in [5, 5.41) is 13.0. The SMILES string of the molecule is CC1CCCCN1[C@@H]1CNC[C@H]1O. The molecule has 0 saturated carbocycles. The van der Waals surface area contributed by atoms with Crippen LogP contribution >= 0.6 is 0 Å². The van der Waals surface area contributed by atoms with E-state index >= 15 is 0 Å². The van der Waals surface area contributed by atoms with Crippen LogP contribution in [0.3, 0.4) is 0 Å².